The van der Waals surface area contributed by atoms with E-state index in [2.05, 4.69) is 16.0 Å². The first-order valence-corrected chi connectivity index (χ1v) is 14.3. The second-order valence-corrected chi connectivity index (χ2v) is 10.3. The molecule has 0 radical (unpaired) electrons. The summed E-state index contributed by atoms with van der Waals surface area (Å²) in [6.45, 7) is 1.08. The minimum Gasteiger partial charge on any atom is -0.497 e. The maximum atomic E-state index is 9.57. The van der Waals surface area contributed by atoms with Gasteiger partial charge in [-0.2, -0.15) is 10.4 Å². The molecule has 0 N–H and O–H groups in total. The number of anilines is 1. The van der Waals surface area contributed by atoms with E-state index < -0.39 is 0 Å². The molecule has 6 aromatic rings. The fourth-order valence-corrected chi connectivity index (χ4v) is 5.03. The molecule has 45 heavy (non-hydrogen) atoms. The molecule has 0 saturated heterocycles. The van der Waals surface area contributed by atoms with E-state index in [1.165, 1.54) is 0 Å². The van der Waals surface area contributed by atoms with Crippen molar-refractivity contribution in [2.24, 2.45) is 0 Å². The van der Waals surface area contributed by atoms with Gasteiger partial charge in [-0.05, 0) is 53.6 Å². The highest BCUT2D eigenvalue weighted by Gasteiger charge is 2.20. The zero-order valence-corrected chi connectivity index (χ0v) is 25.2. The number of rotatable bonds is 11. The lowest BCUT2D eigenvalue weighted by Gasteiger charge is -2.25. The fraction of sp³-hybridized carbons (Fsp3) is 0.171. The number of benzene rings is 3. The summed E-state index contributed by atoms with van der Waals surface area (Å²) < 4.78 is 17.9. The molecule has 0 aliphatic rings. The summed E-state index contributed by atoms with van der Waals surface area (Å²) in [6.07, 6.45) is 2.26. The smallest absolute Gasteiger partial charge is 0.213 e. The van der Waals surface area contributed by atoms with Crippen molar-refractivity contribution in [2.45, 2.75) is 19.5 Å². The molecule has 6 rings (SSSR count). The number of hydrogen-bond acceptors (Lipinski definition) is 9. The summed E-state index contributed by atoms with van der Waals surface area (Å²) in [5, 5.41) is 14.4. The molecule has 3 aromatic heterocycles. The Morgan fingerprint density at radius 2 is 1.42 bits per heavy atom. The van der Waals surface area contributed by atoms with Crippen LogP contribution in [0.2, 0.25) is 0 Å². The zero-order valence-electron chi connectivity index (χ0n) is 25.2. The van der Waals surface area contributed by atoms with E-state index in [0.717, 1.165) is 33.9 Å². The quantitative estimate of drug-likeness (QED) is 0.181. The average molecular weight is 598 g/mol. The maximum absolute atomic E-state index is 9.57. The number of ether oxygens (including phenoxy) is 3. The third-order valence-corrected chi connectivity index (χ3v) is 7.33. The molecule has 0 amide bonds. The Kier molecular flexibility index (Phi) is 8.51. The van der Waals surface area contributed by atoms with Gasteiger partial charge in [0.1, 0.15) is 11.5 Å². The highest BCUT2D eigenvalue weighted by Crippen LogP contribution is 2.29. The molecule has 10 heteroatoms. The molecular weight excluding hydrogens is 566 g/mol. The Labute approximate surface area is 261 Å². The van der Waals surface area contributed by atoms with Crippen LogP contribution in [0.5, 0.6) is 17.4 Å². The van der Waals surface area contributed by atoms with Gasteiger partial charge in [0.25, 0.3) is 0 Å². The summed E-state index contributed by atoms with van der Waals surface area (Å²) in [6, 6.07) is 31.2. The summed E-state index contributed by atoms with van der Waals surface area (Å²) in [7, 11) is 4.90. The van der Waals surface area contributed by atoms with Gasteiger partial charge in [-0.15, -0.1) is 0 Å². The second kappa shape index (κ2) is 13.1. The van der Waals surface area contributed by atoms with Crippen LogP contribution in [0.1, 0.15) is 28.2 Å². The number of aromatic nitrogens is 5. The first-order valence-electron chi connectivity index (χ1n) is 14.3. The van der Waals surface area contributed by atoms with Crippen molar-refractivity contribution in [2.75, 3.05) is 26.2 Å². The van der Waals surface area contributed by atoms with E-state index in [1.807, 2.05) is 85.1 Å². The normalized spacial score (nSPS) is 10.8. The Hall–Kier alpha value is -5.95. The summed E-state index contributed by atoms with van der Waals surface area (Å²) in [5.41, 5.74) is 5.55. The molecule has 3 aromatic carbocycles. The Balaban J connectivity index is 1.48. The molecule has 0 aliphatic heterocycles. The van der Waals surface area contributed by atoms with Gasteiger partial charge in [-0.25, -0.2) is 19.5 Å². The van der Waals surface area contributed by atoms with Gasteiger partial charge < -0.3 is 19.1 Å². The van der Waals surface area contributed by atoms with Crippen LogP contribution in [0.15, 0.2) is 97.2 Å². The predicted octanol–water partition coefficient (Wildman–Crippen LogP) is 5.88. The monoisotopic (exact) mass is 597 g/mol. The molecule has 0 spiro atoms. The molecule has 3 heterocycles. The number of nitriles is 1. The number of nitrogens with zero attached hydrogens (tertiary/aromatic N) is 7. The van der Waals surface area contributed by atoms with Gasteiger partial charge in [0, 0.05) is 24.7 Å². The van der Waals surface area contributed by atoms with Crippen molar-refractivity contribution in [3.63, 3.8) is 0 Å². The lowest BCUT2D eigenvalue weighted by molar-refractivity contribution is 0.396. The minimum absolute atomic E-state index is 0.411. The number of fused-ring (bicyclic) bond motifs is 1. The van der Waals surface area contributed by atoms with Gasteiger partial charge in [0.15, 0.2) is 17.3 Å². The molecule has 0 bridgehead atoms. The third-order valence-electron chi connectivity index (χ3n) is 7.33. The minimum atomic E-state index is 0.411. The van der Waals surface area contributed by atoms with Crippen LogP contribution in [0.25, 0.3) is 16.9 Å². The van der Waals surface area contributed by atoms with Gasteiger partial charge >= 0.3 is 0 Å². The van der Waals surface area contributed by atoms with Crippen molar-refractivity contribution >= 4 is 11.5 Å². The Bertz CT molecular complexity index is 1920. The zero-order chi connectivity index (χ0) is 31.2. The van der Waals surface area contributed by atoms with Crippen molar-refractivity contribution in [3.05, 3.63) is 125 Å². The van der Waals surface area contributed by atoms with E-state index in [9.17, 15) is 5.26 Å². The number of methoxy groups -OCH3 is 3. The molecule has 224 valence electrons. The summed E-state index contributed by atoms with van der Waals surface area (Å²) in [5.74, 6) is 3.35. The van der Waals surface area contributed by atoms with Crippen molar-refractivity contribution in [1.82, 2.24) is 24.6 Å². The first-order chi connectivity index (χ1) is 22.0. The number of pyridine rings is 1. The fourth-order valence-electron chi connectivity index (χ4n) is 5.03. The molecular formula is C35H31N7O3. The molecule has 0 saturated carbocycles. The van der Waals surface area contributed by atoms with Gasteiger partial charge in [-0.1, -0.05) is 42.5 Å². The third kappa shape index (κ3) is 6.68. The highest BCUT2D eigenvalue weighted by molar-refractivity contribution is 5.71. The summed E-state index contributed by atoms with van der Waals surface area (Å²) in [4.78, 5) is 16.9. The van der Waals surface area contributed by atoms with E-state index in [4.69, 9.17) is 29.3 Å². The SMILES string of the molecule is COc1ccc(CN(Cc2ccc(OC)cc2)c2nc(-c3cccc(C#N)c3)cn3nc(Cc4cccc(OC)n4)nc23)cc1. The standard InChI is InChI=1S/C35H31N7O3/c1-43-29-14-10-24(11-15-29)21-41(22-25-12-16-30(44-2)17-13-25)34-35-39-32(19-28-8-5-9-33(37-28)45-3)40-42(35)23-31(38-34)27-7-4-6-26(18-27)20-36/h4-18,23H,19,21-22H2,1-3H3. The lowest BCUT2D eigenvalue weighted by Crippen LogP contribution is -2.24. The molecule has 0 atom stereocenters. The predicted molar refractivity (Wildman–Crippen MR) is 170 cm³/mol. The van der Waals surface area contributed by atoms with E-state index in [0.29, 0.717) is 53.9 Å². The topological polar surface area (TPSA) is 111 Å². The largest absolute Gasteiger partial charge is 0.497 e. The van der Waals surface area contributed by atoms with Crippen LogP contribution in [0, 0.1) is 11.3 Å². The molecule has 0 unspecified atom stereocenters. The van der Waals surface area contributed by atoms with Crippen molar-refractivity contribution < 1.29 is 14.2 Å². The van der Waals surface area contributed by atoms with Gasteiger partial charge in [-0.3, -0.25) is 0 Å². The van der Waals surface area contributed by atoms with Crippen LogP contribution >= 0.6 is 0 Å². The van der Waals surface area contributed by atoms with Gasteiger partial charge in [0.2, 0.25) is 5.88 Å². The van der Waals surface area contributed by atoms with E-state index >= 15 is 0 Å². The maximum Gasteiger partial charge on any atom is 0.213 e. The summed E-state index contributed by atoms with van der Waals surface area (Å²) >= 11 is 0. The lowest BCUT2D eigenvalue weighted by atomic mass is 10.1. The Morgan fingerprint density at radius 3 is 2.04 bits per heavy atom. The van der Waals surface area contributed by atoms with Crippen LogP contribution in [-0.4, -0.2) is 45.9 Å². The second-order valence-electron chi connectivity index (χ2n) is 10.3. The molecule has 0 fully saturated rings. The molecule has 10 nitrogen and oxygen atoms in total. The van der Waals surface area contributed by atoms with Crippen LogP contribution < -0.4 is 19.1 Å². The van der Waals surface area contributed by atoms with Crippen LogP contribution in [-0.2, 0) is 19.5 Å². The first kappa shape index (κ1) is 29.1. The van der Waals surface area contributed by atoms with Gasteiger partial charge in [0.05, 0.1) is 57.0 Å². The highest BCUT2D eigenvalue weighted by atomic mass is 16.5. The Morgan fingerprint density at radius 1 is 0.756 bits per heavy atom. The van der Waals surface area contributed by atoms with E-state index in [-0.39, 0.29) is 0 Å². The van der Waals surface area contributed by atoms with Crippen LogP contribution in [0.3, 0.4) is 0 Å². The average Bonchev–Trinajstić information content (AvgIpc) is 3.50. The van der Waals surface area contributed by atoms with Crippen molar-refractivity contribution in [1.29, 1.82) is 5.26 Å². The van der Waals surface area contributed by atoms with Crippen LogP contribution in [0.4, 0.5) is 5.82 Å². The molecule has 0 aliphatic carbocycles. The van der Waals surface area contributed by atoms with E-state index in [1.54, 1.807) is 38.0 Å². The number of hydrogen-bond donors (Lipinski definition) is 0. The van der Waals surface area contributed by atoms with Crippen molar-refractivity contribution in [3.8, 4) is 34.7 Å².